The van der Waals surface area contributed by atoms with Gasteiger partial charge in [0.15, 0.2) is 9.84 Å². The number of hydrogen-bond acceptors (Lipinski definition) is 2. The van der Waals surface area contributed by atoms with Crippen LogP contribution in [0.4, 0.5) is 0 Å². The molecule has 4 heteroatoms. The SMILES string of the molecule is O=S(=O)(C=Cc1cc2ccccc2n1Cc1ccccc1)c1ccccc1. The maximum Gasteiger partial charge on any atom is 0.199 e. The Morgan fingerprint density at radius 2 is 1.41 bits per heavy atom. The highest BCUT2D eigenvalue weighted by atomic mass is 32.2. The number of sulfone groups is 1. The number of fused-ring (bicyclic) bond motifs is 1. The van der Waals surface area contributed by atoms with Gasteiger partial charge in [-0.2, -0.15) is 0 Å². The minimum Gasteiger partial charge on any atom is -0.336 e. The van der Waals surface area contributed by atoms with Crippen molar-refractivity contribution in [1.29, 1.82) is 0 Å². The van der Waals surface area contributed by atoms with Crippen molar-refractivity contribution in [3.05, 3.63) is 108 Å². The van der Waals surface area contributed by atoms with Gasteiger partial charge in [0.2, 0.25) is 0 Å². The van der Waals surface area contributed by atoms with E-state index in [9.17, 15) is 8.42 Å². The van der Waals surface area contributed by atoms with Crippen molar-refractivity contribution in [3.8, 4) is 0 Å². The average molecular weight is 373 g/mol. The third kappa shape index (κ3) is 3.71. The van der Waals surface area contributed by atoms with Gasteiger partial charge in [-0.3, -0.25) is 0 Å². The van der Waals surface area contributed by atoms with E-state index in [1.165, 1.54) is 11.0 Å². The Morgan fingerprint density at radius 1 is 0.778 bits per heavy atom. The molecule has 3 nitrogen and oxygen atoms in total. The van der Waals surface area contributed by atoms with Crippen LogP contribution in [0.25, 0.3) is 17.0 Å². The molecule has 0 saturated carbocycles. The zero-order valence-corrected chi connectivity index (χ0v) is 15.5. The zero-order valence-electron chi connectivity index (χ0n) is 14.7. The molecule has 0 saturated heterocycles. The molecule has 0 unspecified atom stereocenters. The molecule has 0 N–H and O–H groups in total. The van der Waals surface area contributed by atoms with Crippen LogP contribution in [0.5, 0.6) is 0 Å². The molecule has 0 aliphatic rings. The molecule has 0 amide bonds. The number of rotatable bonds is 5. The molecule has 4 aromatic rings. The summed E-state index contributed by atoms with van der Waals surface area (Å²) in [5.74, 6) is 0. The number of benzene rings is 3. The predicted octanol–water partition coefficient (Wildman–Crippen LogP) is 5.13. The Kier molecular flexibility index (Phi) is 4.65. The lowest BCUT2D eigenvalue weighted by Crippen LogP contribution is -2.02. The molecule has 27 heavy (non-hydrogen) atoms. The van der Waals surface area contributed by atoms with Crippen LogP contribution in [0, 0.1) is 0 Å². The first kappa shape index (κ1) is 17.3. The molecule has 0 aliphatic heterocycles. The van der Waals surface area contributed by atoms with Crippen LogP contribution in [-0.4, -0.2) is 13.0 Å². The molecule has 4 rings (SSSR count). The van der Waals surface area contributed by atoms with Crippen LogP contribution in [0.15, 0.2) is 101 Å². The van der Waals surface area contributed by atoms with Gasteiger partial charge >= 0.3 is 0 Å². The second kappa shape index (κ2) is 7.25. The summed E-state index contributed by atoms with van der Waals surface area (Å²) in [6.45, 7) is 0.680. The summed E-state index contributed by atoms with van der Waals surface area (Å²) in [4.78, 5) is 0.298. The maximum absolute atomic E-state index is 12.6. The van der Waals surface area contributed by atoms with E-state index in [1.54, 1.807) is 36.4 Å². The first-order valence-electron chi connectivity index (χ1n) is 8.74. The first-order chi connectivity index (χ1) is 13.1. The smallest absolute Gasteiger partial charge is 0.199 e. The summed E-state index contributed by atoms with van der Waals surface area (Å²) in [6, 6.07) is 28.8. The van der Waals surface area contributed by atoms with E-state index in [0.717, 1.165) is 16.6 Å². The van der Waals surface area contributed by atoms with Crippen LogP contribution in [0.2, 0.25) is 0 Å². The van der Waals surface area contributed by atoms with Gasteiger partial charge in [-0.15, -0.1) is 0 Å². The maximum atomic E-state index is 12.6. The minimum absolute atomic E-state index is 0.298. The normalized spacial score (nSPS) is 12.0. The van der Waals surface area contributed by atoms with Crippen molar-refractivity contribution in [2.45, 2.75) is 11.4 Å². The van der Waals surface area contributed by atoms with Crippen molar-refractivity contribution in [1.82, 2.24) is 4.57 Å². The zero-order chi connectivity index (χ0) is 18.7. The Bertz CT molecular complexity index is 1190. The van der Waals surface area contributed by atoms with Crippen molar-refractivity contribution in [3.63, 3.8) is 0 Å². The lowest BCUT2D eigenvalue weighted by molar-refractivity contribution is 0.605. The molecule has 134 valence electrons. The monoisotopic (exact) mass is 373 g/mol. The van der Waals surface area contributed by atoms with E-state index in [0.29, 0.717) is 11.4 Å². The molecule has 3 aromatic carbocycles. The van der Waals surface area contributed by atoms with E-state index in [2.05, 4.69) is 22.8 Å². The summed E-state index contributed by atoms with van der Waals surface area (Å²) < 4.78 is 27.3. The van der Waals surface area contributed by atoms with Crippen LogP contribution >= 0.6 is 0 Å². The number of aromatic nitrogens is 1. The fraction of sp³-hybridized carbons (Fsp3) is 0.0435. The van der Waals surface area contributed by atoms with Gasteiger partial charge < -0.3 is 4.57 Å². The number of hydrogen-bond donors (Lipinski definition) is 0. The Hall–Kier alpha value is -3.11. The van der Waals surface area contributed by atoms with Crippen molar-refractivity contribution < 1.29 is 8.42 Å². The molecule has 0 bridgehead atoms. The molecule has 0 aliphatic carbocycles. The van der Waals surface area contributed by atoms with Crippen molar-refractivity contribution in [2.24, 2.45) is 0 Å². The average Bonchev–Trinajstić information content (AvgIpc) is 3.06. The third-order valence-electron chi connectivity index (χ3n) is 4.52. The van der Waals surface area contributed by atoms with Gasteiger partial charge in [0.05, 0.1) is 4.90 Å². The van der Waals surface area contributed by atoms with E-state index in [1.807, 2.05) is 42.5 Å². The largest absolute Gasteiger partial charge is 0.336 e. The van der Waals surface area contributed by atoms with E-state index in [4.69, 9.17) is 0 Å². The molecule has 0 spiro atoms. The van der Waals surface area contributed by atoms with Crippen LogP contribution in [0.1, 0.15) is 11.3 Å². The number of nitrogens with zero attached hydrogens (tertiary/aromatic N) is 1. The van der Waals surface area contributed by atoms with Crippen LogP contribution < -0.4 is 0 Å². The summed E-state index contributed by atoms with van der Waals surface area (Å²) in [6.07, 6.45) is 1.69. The van der Waals surface area contributed by atoms with Crippen LogP contribution in [0.3, 0.4) is 0 Å². The molecule has 1 heterocycles. The lowest BCUT2D eigenvalue weighted by Gasteiger charge is -2.09. The highest BCUT2D eigenvalue weighted by Gasteiger charge is 2.11. The van der Waals surface area contributed by atoms with E-state index >= 15 is 0 Å². The van der Waals surface area contributed by atoms with E-state index < -0.39 is 9.84 Å². The number of para-hydroxylation sites is 1. The van der Waals surface area contributed by atoms with Crippen molar-refractivity contribution >= 4 is 26.8 Å². The summed E-state index contributed by atoms with van der Waals surface area (Å²) in [5.41, 5.74) is 3.11. The Morgan fingerprint density at radius 3 is 2.15 bits per heavy atom. The molecule has 0 atom stereocenters. The second-order valence-corrected chi connectivity index (χ2v) is 8.19. The second-order valence-electron chi connectivity index (χ2n) is 6.36. The van der Waals surface area contributed by atoms with Gasteiger partial charge in [-0.05, 0) is 35.9 Å². The third-order valence-corrected chi connectivity index (χ3v) is 5.94. The standard InChI is InChI=1S/C23H19NO2S/c25-27(26,22-12-5-2-6-13-22)16-15-21-17-20-11-7-8-14-23(20)24(21)18-19-9-3-1-4-10-19/h1-17H,18H2. The lowest BCUT2D eigenvalue weighted by atomic mass is 10.2. The topological polar surface area (TPSA) is 39.1 Å². The fourth-order valence-corrected chi connectivity index (χ4v) is 4.17. The first-order valence-corrected chi connectivity index (χ1v) is 10.3. The molecular weight excluding hydrogens is 354 g/mol. The fourth-order valence-electron chi connectivity index (χ4n) is 3.16. The highest BCUT2D eigenvalue weighted by molar-refractivity contribution is 7.94. The highest BCUT2D eigenvalue weighted by Crippen LogP contribution is 2.23. The Balaban J connectivity index is 1.76. The summed E-state index contributed by atoms with van der Waals surface area (Å²) >= 11 is 0. The predicted molar refractivity (Wildman–Crippen MR) is 110 cm³/mol. The molecule has 0 fully saturated rings. The minimum atomic E-state index is -3.48. The quantitative estimate of drug-likeness (QED) is 0.486. The van der Waals surface area contributed by atoms with Gasteiger partial charge in [0, 0.05) is 28.5 Å². The molecule has 0 radical (unpaired) electrons. The Labute approximate surface area is 159 Å². The summed E-state index contributed by atoms with van der Waals surface area (Å²) in [5, 5.41) is 2.38. The van der Waals surface area contributed by atoms with Gasteiger partial charge in [-0.25, -0.2) is 8.42 Å². The van der Waals surface area contributed by atoms with Crippen molar-refractivity contribution in [2.75, 3.05) is 0 Å². The molecular formula is C23H19NO2S. The molecule has 1 aromatic heterocycles. The van der Waals surface area contributed by atoms with Gasteiger partial charge in [-0.1, -0.05) is 66.7 Å². The van der Waals surface area contributed by atoms with Crippen LogP contribution in [-0.2, 0) is 16.4 Å². The van der Waals surface area contributed by atoms with Gasteiger partial charge in [0.25, 0.3) is 0 Å². The van der Waals surface area contributed by atoms with E-state index in [-0.39, 0.29) is 0 Å². The summed E-state index contributed by atoms with van der Waals surface area (Å²) in [7, 11) is -3.48. The van der Waals surface area contributed by atoms with Gasteiger partial charge in [0.1, 0.15) is 0 Å².